The molecule has 2 aromatic heterocycles. The van der Waals surface area contributed by atoms with Crippen molar-refractivity contribution in [3.05, 3.63) is 218 Å². The second kappa shape index (κ2) is 14.3. The zero-order valence-electron chi connectivity index (χ0n) is 33.1. The van der Waals surface area contributed by atoms with E-state index in [-0.39, 0.29) is 0 Å². The molecule has 0 radical (unpaired) electrons. The van der Waals surface area contributed by atoms with Crippen LogP contribution >= 0.6 is 0 Å². The van der Waals surface area contributed by atoms with Gasteiger partial charge in [-0.1, -0.05) is 182 Å². The van der Waals surface area contributed by atoms with Crippen LogP contribution in [0.1, 0.15) is 0 Å². The minimum absolute atomic E-state index is 0.634. The highest BCUT2D eigenvalue weighted by molar-refractivity contribution is 6.26. The van der Waals surface area contributed by atoms with Crippen LogP contribution in [0.4, 0.5) is 0 Å². The standard InChI is InChI=1S/C57H36N4/c1-4-16-38(17-5-1)55-58-56(39-18-6-2-7-19-39)60-57(59-55)40-30-28-37(29-31-40)49-35-51-45-24-12-10-22-43(45)44-23-11-13-25-46(44)52(51)36-50(49)41-32-33-48-47-26-14-15-27-53(47)61(54(48)34-41)42-20-8-3-9-21-42/h1-36H. The van der Waals surface area contributed by atoms with E-state index in [0.717, 1.165) is 39.1 Å². The van der Waals surface area contributed by atoms with Gasteiger partial charge in [0.2, 0.25) is 0 Å². The third-order valence-electron chi connectivity index (χ3n) is 12.0. The quantitative estimate of drug-likeness (QED) is 0.158. The molecule has 0 N–H and O–H groups in total. The van der Waals surface area contributed by atoms with Crippen molar-refractivity contribution in [3.63, 3.8) is 0 Å². The molecule has 4 nitrogen and oxygen atoms in total. The van der Waals surface area contributed by atoms with E-state index in [1.807, 2.05) is 60.7 Å². The lowest BCUT2D eigenvalue weighted by molar-refractivity contribution is 1.07. The highest BCUT2D eigenvalue weighted by Crippen LogP contribution is 2.44. The van der Waals surface area contributed by atoms with Gasteiger partial charge in [-0.25, -0.2) is 15.0 Å². The van der Waals surface area contributed by atoms with E-state index in [1.165, 1.54) is 59.7 Å². The molecule has 4 heteroatoms. The fourth-order valence-electron chi connectivity index (χ4n) is 9.16. The van der Waals surface area contributed by atoms with Gasteiger partial charge in [0, 0.05) is 33.2 Å². The Hall–Kier alpha value is -8.21. The Kier molecular flexibility index (Phi) is 8.13. The summed E-state index contributed by atoms with van der Waals surface area (Å²) >= 11 is 0. The van der Waals surface area contributed by atoms with Gasteiger partial charge >= 0.3 is 0 Å². The summed E-state index contributed by atoms with van der Waals surface area (Å²) in [6.45, 7) is 0. The monoisotopic (exact) mass is 776 g/mol. The van der Waals surface area contributed by atoms with Gasteiger partial charge in [-0.05, 0) is 91.0 Å². The number of rotatable bonds is 6. The van der Waals surface area contributed by atoms with Crippen LogP contribution in [0.5, 0.6) is 0 Å². The lowest BCUT2D eigenvalue weighted by Gasteiger charge is -2.17. The first-order valence-corrected chi connectivity index (χ1v) is 20.7. The van der Waals surface area contributed by atoms with Gasteiger partial charge in [-0.3, -0.25) is 0 Å². The second-order valence-corrected chi connectivity index (χ2v) is 15.6. The molecule has 0 atom stereocenters. The first-order chi connectivity index (χ1) is 30.2. The van der Waals surface area contributed by atoms with Crippen LogP contribution < -0.4 is 0 Å². The lowest BCUT2D eigenvalue weighted by atomic mass is 9.87. The van der Waals surface area contributed by atoms with E-state index in [1.54, 1.807) is 0 Å². The largest absolute Gasteiger partial charge is 0.309 e. The SMILES string of the molecule is c1ccc(-c2nc(-c3ccccc3)nc(-c3ccc(-c4cc5c6ccccc6c6ccccc6c5cc4-c4ccc5c6ccccc6n(-c6ccccc6)c5c4)cc3)n2)cc1. The summed E-state index contributed by atoms with van der Waals surface area (Å²) in [5, 5.41) is 9.94. The Morgan fingerprint density at radius 1 is 0.246 bits per heavy atom. The first kappa shape index (κ1) is 34.8. The number of benzene rings is 10. The summed E-state index contributed by atoms with van der Waals surface area (Å²) < 4.78 is 2.40. The van der Waals surface area contributed by atoms with E-state index in [4.69, 9.17) is 15.0 Å². The van der Waals surface area contributed by atoms with Crippen molar-refractivity contribution in [3.8, 4) is 62.1 Å². The van der Waals surface area contributed by atoms with Gasteiger partial charge in [-0.15, -0.1) is 0 Å². The van der Waals surface area contributed by atoms with Crippen LogP contribution in [0.2, 0.25) is 0 Å². The maximum atomic E-state index is 5.03. The molecular weight excluding hydrogens is 741 g/mol. The van der Waals surface area contributed by atoms with Crippen molar-refractivity contribution in [1.82, 2.24) is 19.5 Å². The molecule has 10 aromatic carbocycles. The molecule has 0 aliphatic heterocycles. The Labute approximate surface area is 352 Å². The van der Waals surface area contributed by atoms with Crippen LogP contribution in [0.25, 0.3) is 116 Å². The minimum Gasteiger partial charge on any atom is -0.309 e. The summed E-state index contributed by atoms with van der Waals surface area (Å²) in [5.41, 5.74) is 10.9. The number of nitrogens with zero attached hydrogens (tertiary/aromatic N) is 4. The molecule has 284 valence electrons. The Morgan fingerprint density at radius 2 is 0.623 bits per heavy atom. The fourth-order valence-corrected chi connectivity index (χ4v) is 9.16. The molecule has 0 spiro atoms. The number of hydrogen-bond donors (Lipinski definition) is 0. The van der Waals surface area contributed by atoms with E-state index >= 15 is 0 Å². The summed E-state index contributed by atoms with van der Waals surface area (Å²) in [6.07, 6.45) is 0. The molecule has 0 bridgehead atoms. The molecule has 0 saturated carbocycles. The van der Waals surface area contributed by atoms with E-state index in [0.29, 0.717) is 17.5 Å². The highest BCUT2D eigenvalue weighted by Gasteiger charge is 2.19. The van der Waals surface area contributed by atoms with Crippen molar-refractivity contribution < 1.29 is 0 Å². The smallest absolute Gasteiger partial charge is 0.164 e. The predicted octanol–water partition coefficient (Wildman–Crippen LogP) is 14.8. The second-order valence-electron chi connectivity index (χ2n) is 15.6. The van der Waals surface area contributed by atoms with Crippen molar-refractivity contribution in [1.29, 1.82) is 0 Å². The fraction of sp³-hybridized carbons (Fsp3) is 0. The molecule has 0 unspecified atom stereocenters. The molecule has 0 amide bonds. The molecule has 0 fully saturated rings. The van der Waals surface area contributed by atoms with Gasteiger partial charge in [0.15, 0.2) is 17.5 Å². The van der Waals surface area contributed by atoms with E-state index < -0.39 is 0 Å². The average molecular weight is 777 g/mol. The third kappa shape index (κ3) is 5.88. The van der Waals surface area contributed by atoms with Crippen LogP contribution in [-0.2, 0) is 0 Å². The topological polar surface area (TPSA) is 43.6 Å². The normalized spacial score (nSPS) is 11.6. The number of fused-ring (bicyclic) bond motifs is 9. The molecule has 0 aliphatic rings. The molecule has 12 aromatic rings. The lowest BCUT2D eigenvalue weighted by Crippen LogP contribution is -2.00. The van der Waals surface area contributed by atoms with Gasteiger partial charge < -0.3 is 4.57 Å². The van der Waals surface area contributed by atoms with E-state index in [2.05, 4.69) is 162 Å². The maximum Gasteiger partial charge on any atom is 0.164 e. The Balaban J connectivity index is 1.09. The van der Waals surface area contributed by atoms with E-state index in [9.17, 15) is 0 Å². The van der Waals surface area contributed by atoms with Crippen molar-refractivity contribution in [2.45, 2.75) is 0 Å². The summed E-state index contributed by atoms with van der Waals surface area (Å²) in [6, 6.07) is 77.8. The summed E-state index contributed by atoms with van der Waals surface area (Å²) in [7, 11) is 0. The maximum absolute atomic E-state index is 5.03. The van der Waals surface area contributed by atoms with Crippen LogP contribution in [0.15, 0.2) is 218 Å². The molecule has 0 saturated heterocycles. The average Bonchev–Trinajstić information content (AvgIpc) is 3.68. The Morgan fingerprint density at radius 3 is 1.16 bits per heavy atom. The van der Waals surface area contributed by atoms with Crippen molar-refractivity contribution >= 4 is 54.1 Å². The molecule has 12 rings (SSSR count). The van der Waals surface area contributed by atoms with Crippen molar-refractivity contribution in [2.24, 2.45) is 0 Å². The summed E-state index contributed by atoms with van der Waals surface area (Å²) in [4.78, 5) is 15.0. The molecule has 0 aliphatic carbocycles. The predicted molar refractivity (Wildman–Crippen MR) is 254 cm³/mol. The number of aromatic nitrogens is 4. The minimum atomic E-state index is 0.634. The summed E-state index contributed by atoms with van der Waals surface area (Å²) in [5.74, 6) is 1.93. The number of para-hydroxylation sites is 2. The van der Waals surface area contributed by atoms with Gasteiger partial charge in [0.25, 0.3) is 0 Å². The molecule has 61 heavy (non-hydrogen) atoms. The van der Waals surface area contributed by atoms with Crippen molar-refractivity contribution in [2.75, 3.05) is 0 Å². The molecule has 2 heterocycles. The van der Waals surface area contributed by atoms with Gasteiger partial charge in [0.1, 0.15) is 0 Å². The van der Waals surface area contributed by atoms with Crippen LogP contribution in [-0.4, -0.2) is 19.5 Å². The van der Waals surface area contributed by atoms with Gasteiger partial charge in [-0.2, -0.15) is 0 Å². The van der Waals surface area contributed by atoms with Crippen LogP contribution in [0, 0.1) is 0 Å². The van der Waals surface area contributed by atoms with Gasteiger partial charge in [0.05, 0.1) is 11.0 Å². The zero-order chi connectivity index (χ0) is 40.3. The first-order valence-electron chi connectivity index (χ1n) is 20.7. The zero-order valence-corrected chi connectivity index (χ0v) is 33.1. The number of hydrogen-bond acceptors (Lipinski definition) is 3. The highest BCUT2D eigenvalue weighted by atomic mass is 15.0. The Bertz CT molecular complexity index is 3560. The molecular formula is C57H36N4. The third-order valence-corrected chi connectivity index (χ3v) is 12.0. The van der Waals surface area contributed by atoms with Crippen LogP contribution in [0.3, 0.4) is 0 Å².